The fourth-order valence-electron chi connectivity index (χ4n) is 3.00. The molecule has 2 aromatic rings. The van der Waals surface area contributed by atoms with E-state index >= 15 is 0 Å². The number of halogens is 1. The number of hydrogen-bond acceptors (Lipinski definition) is 6. The lowest BCUT2D eigenvalue weighted by Crippen LogP contribution is -2.24. The zero-order chi connectivity index (χ0) is 27.2. The summed E-state index contributed by atoms with van der Waals surface area (Å²) in [6, 6.07) is 5.43. The number of hydrogen-bond donors (Lipinski definition) is 2. The highest BCUT2D eigenvalue weighted by atomic mass is 35.5. The molecular formula is C23H24ClN5O6. The summed E-state index contributed by atoms with van der Waals surface area (Å²) in [7, 11) is 0. The topological polar surface area (TPSA) is 185 Å². The summed E-state index contributed by atoms with van der Waals surface area (Å²) in [5, 5.41) is 21.1. The molecule has 12 heteroatoms. The number of guanidine groups is 1. The van der Waals surface area contributed by atoms with Gasteiger partial charge in [0, 0.05) is 17.7 Å². The molecule has 184 valence electrons. The van der Waals surface area contributed by atoms with Crippen molar-refractivity contribution < 1.29 is 19.4 Å². The molecule has 1 amide bonds. The molecule has 0 heterocycles. The molecule has 0 saturated heterocycles. The number of rotatable bonds is 6. The van der Waals surface area contributed by atoms with Crippen LogP contribution in [-0.2, 0) is 0 Å². The summed E-state index contributed by atoms with van der Waals surface area (Å²) in [4.78, 5) is 46.9. The average molecular weight is 502 g/mol. The van der Waals surface area contributed by atoms with Gasteiger partial charge in [0.05, 0.1) is 26.5 Å². The molecule has 0 radical (unpaired) electrons. The Balaban J connectivity index is 0.000000355. The Hall–Kier alpha value is -4.38. The molecule has 0 bridgehead atoms. The predicted octanol–water partition coefficient (Wildman–Crippen LogP) is 4.67. The van der Waals surface area contributed by atoms with Crippen LogP contribution in [0.1, 0.15) is 56.8 Å². The van der Waals surface area contributed by atoms with Crippen LogP contribution in [0, 0.1) is 34.1 Å². The molecule has 0 saturated carbocycles. The maximum atomic E-state index is 11.7. The van der Waals surface area contributed by atoms with Gasteiger partial charge in [-0.25, -0.2) is 0 Å². The summed E-state index contributed by atoms with van der Waals surface area (Å²) < 4.78 is 0. The van der Waals surface area contributed by atoms with E-state index in [1.54, 1.807) is 33.8 Å². The van der Waals surface area contributed by atoms with Gasteiger partial charge in [-0.3, -0.25) is 29.8 Å². The number of carbonyl (C=O) groups is 2. The minimum Gasteiger partial charge on any atom is -0.370 e. The molecule has 11 nitrogen and oxygen atoms in total. The molecule has 0 aliphatic carbocycles. The van der Waals surface area contributed by atoms with Gasteiger partial charge in [-0.05, 0) is 73.7 Å². The molecular weight excluding hydrogens is 478 g/mol. The SMILES string of the molecule is C=C(C)c1cc(C)c(C(=O)Cl)cc1[N+](=O)[O-].C=C(C)c1cc(C)c(C(=O)N=C(N)N)cc1[N+](=O)[O-]. The van der Waals surface area contributed by atoms with Crippen molar-refractivity contribution in [3.63, 3.8) is 0 Å². The van der Waals surface area contributed by atoms with E-state index in [1.807, 2.05) is 0 Å². The third-order valence-corrected chi connectivity index (χ3v) is 4.87. The quantitative estimate of drug-likeness (QED) is 0.188. The van der Waals surface area contributed by atoms with Crippen LogP contribution in [0.4, 0.5) is 11.4 Å². The zero-order valence-electron chi connectivity index (χ0n) is 19.5. The monoisotopic (exact) mass is 501 g/mol. The maximum absolute atomic E-state index is 11.7. The molecule has 0 fully saturated rings. The van der Waals surface area contributed by atoms with E-state index in [0.29, 0.717) is 33.4 Å². The Morgan fingerprint density at radius 1 is 0.829 bits per heavy atom. The first kappa shape index (κ1) is 28.7. The number of aryl methyl sites for hydroxylation is 2. The summed E-state index contributed by atoms with van der Waals surface area (Å²) in [5.74, 6) is -1.11. The van der Waals surface area contributed by atoms with Crippen molar-refractivity contribution >= 4 is 51.2 Å². The summed E-state index contributed by atoms with van der Waals surface area (Å²) >= 11 is 5.33. The Morgan fingerprint density at radius 3 is 1.51 bits per heavy atom. The predicted molar refractivity (Wildman–Crippen MR) is 135 cm³/mol. The summed E-state index contributed by atoms with van der Waals surface area (Å²) in [6.45, 7) is 14.0. The number of nitro benzene ring substituents is 2. The number of benzene rings is 2. The smallest absolute Gasteiger partial charge is 0.280 e. The van der Waals surface area contributed by atoms with Crippen LogP contribution >= 0.6 is 11.6 Å². The van der Waals surface area contributed by atoms with Crippen LogP contribution in [0.15, 0.2) is 42.4 Å². The average Bonchev–Trinajstić information content (AvgIpc) is 2.72. The second-order valence-electron chi connectivity index (χ2n) is 7.56. The van der Waals surface area contributed by atoms with Crippen LogP contribution in [0.3, 0.4) is 0 Å². The molecule has 0 aliphatic heterocycles. The highest BCUT2D eigenvalue weighted by Crippen LogP contribution is 2.30. The van der Waals surface area contributed by atoms with E-state index in [4.69, 9.17) is 23.1 Å². The molecule has 0 aliphatic rings. The van der Waals surface area contributed by atoms with E-state index in [0.717, 1.165) is 6.07 Å². The summed E-state index contributed by atoms with van der Waals surface area (Å²) in [6.07, 6.45) is 0. The van der Waals surface area contributed by atoms with Gasteiger partial charge in [0.15, 0.2) is 5.96 Å². The van der Waals surface area contributed by atoms with Gasteiger partial charge in [-0.2, -0.15) is 4.99 Å². The second-order valence-corrected chi connectivity index (χ2v) is 7.90. The van der Waals surface area contributed by atoms with Crippen LogP contribution in [0.5, 0.6) is 0 Å². The molecule has 4 N–H and O–H groups in total. The first-order chi connectivity index (χ1) is 16.1. The van der Waals surface area contributed by atoms with E-state index in [9.17, 15) is 29.8 Å². The van der Waals surface area contributed by atoms with Gasteiger partial charge in [0.1, 0.15) is 0 Å². The van der Waals surface area contributed by atoms with Crippen molar-refractivity contribution in [2.24, 2.45) is 16.5 Å². The van der Waals surface area contributed by atoms with Crippen molar-refractivity contribution in [2.45, 2.75) is 27.7 Å². The Labute approximate surface area is 206 Å². The molecule has 0 aromatic heterocycles. The van der Waals surface area contributed by atoms with Crippen molar-refractivity contribution in [1.82, 2.24) is 0 Å². The van der Waals surface area contributed by atoms with Crippen molar-refractivity contribution in [3.05, 3.63) is 91.0 Å². The number of aliphatic imine (C=N–C) groups is 1. The lowest BCUT2D eigenvalue weighted by Gasteiger charge is -2.07. The fourth-order valence-corrected chi connectivity index (χ4v) is 3.20. The number of nitrogens with zero attached hydrogens (tertiary/aromatic N) is 3. The Morgan fingerprint density at radius 2 is 1.20 bits per heavy atom. The third kappa shape index (κ3) is 7.30. The second kappa shape index (κ2) is 11.7. The lowest BCUT2D eigenvalue weighted by molar-refractivity contribution is -0.385. The Bertz CT molecular complexity index is 1300. The highest BCUT2D eigenvalue weighted by Gasteiger charge is 2.21. The largest absolute Gasteiger partial charge is 0.370 e. The molecule has 0 unspecified atom stereocenters. The third-order valence-electron chi connectivity index (χ3n) is 4.67. The van der Waals surface area contributed by atoms with Gasteiger partial charge in [0.2, 0.25) is 0 Å². The van der Waals surface area contributed by atoms with Gasteiger partial charge in [0.25, 0.3) is 22.5 Å². The van der Waals surface area contributed by atoms with Crippen molar-refractivity contribution in [1.29, 1.82) is 0 Å². The minimum atomic E-state index is -0.714. The fraction of sp³-hybridized carbons (Fsp3) is 0.174. The van der Waals surface area contributed by atoms with Gasteiger partial charge in [-0.1, -0.05) is 13.2 Å². The molecule has 2 aromatic carbocycles. The molecule has 0 spiro atoms. The van der Waals surface area contributed by atoms with Crippen LogP contribution in [-0.4, -0.2) is 27.0 Å². The van der Waals surface area contributed by atoms with E-state index in [2.05, 4.69) is 18.2 Å². The molecule has 35 heavy (non-hydrogen) atoms. The van der Waals surface area contributed by atoms with Crippen LogP contribution in [0.2, 0.25) is 0 Å². The van der Waals surface area contributed by atoms with E-state index in [1.165, 1.54) is 12.1 Å². The normalized spacial score (nSPS) is 9.86. The molecule has 0 atom stereocenters. The number of nitrogens with two attached hydrogens (primary N) is 2. The number of nitro groups is 2. The van der Waals surface area contributed by atoms with Gasteiger partial charge in [-0.15, -0.1) is 0 Å². The van der Waals surface area contributed by atoms with Crippen molar-refractivity contribution in [2.75, 3.05) is 0 Å². The lowest BCUT2D eigenvalue weighted by atomic mass is 9.99. The first-order valence-corrected chi connectivity index (χ1v) is 10.2. The van der Waals surface area contributed by atoms with Crippen LogP contribution < -0.4 is 11.5 Å². The van der Waals surface area contributed by atoms with Crippen molar-refractivity contribution in [3.8, 4) is 0 Å². The van der Waals surface area contributed by atoms with E-state index < -0.39 is 27.0 Å². The van der Waals surface area contributed by atoms with Gasteiger partial charge < -0.3 is 11.5 Å². The zero-order valence-corrected chi connectivity index (χ0v) is 20.3. The van der Waals surface area contributed by atoms with E-state index in [-0.39, 0.29) is 22.5 Å². The summed E-state index contributed by atoms with van der Waals surface area (Å²) in [5.41, 5.74) is 13.2. The highest BCUT2D eigenvalue weighted by molar-refractivity contribution is 6.68. The van der Waals surface area contributed by atoms with Gasteiger partial charge >= 0.3 is 0 Å². The van der Waals surface area contributed by atoms with Crippen LogP contribution in [0.25, 0.3) is 11.1 Å². The standard InChI is InChI=1S/C12H14N4O3.C11H10ClNO3/c1-6(2)8-4-7(3)9(5-10(8)16(18)19)11(17)15-12(13)14;1-6(2)8-4-7(3)9(11(12)14)5-10(8)13(15)16/h4-5H,1H2,2-3H3,(H4,13,14,15,17);4-5H,1H2,2-3H3. The molecule has 2 rings (SSSR count). The minimum absolute atomic E-state index is 0.0881. The number of amides is 1. The number of carbonyl (C=O) groups excluding carboxylic acids is 2. The maximum Gasteiger partial charge on any atom is 0.280 e. The first-order valence-electron chi connectivity index (χ1n) is 9.82. The Kier molecular flexibility index (Phi) is 9.54. The number of allylic oxidation sites excluding steroid dienone is 2.